The van der Waals surface area contributed by atoms with E-state index in [0.29, 0.717) is 30.3 Å². The van der Waals surface area contributed by atoms with Crippen LogP contribution in [-0.4, -0.2) is 66.8 Å². The zero-order valence-electron chi connectivity index (χ0n) is 17.4. The van der Waals surface area contributed by atoms with Crippen molar-refractivity contribution >= 4 is 0 Å². The van der Waals surface area contributed by atoms with Crippen LogP contribution in [0.1, 0.15) is 11.1 Å². The monoisotopic (exact) mass is 496 g/mol. The first kappa shape index (κ1) is 27.8. The van der Waals surface area contributed by atoms with Crippen LogP contribution in [0.4, 0.5) is 26.3 Å². The number of aliphatic hydroxyl groups excluding tert-OH is 4. The predicted octanol–water partition coefficient (Wildman–Crippen LogP) is 1.03. The molecule has 0 radical (unpaired) electrons. The summed E-state index contributed by atoms with van der Waals surface area (Å²) in [6.45, 7) is 2.01. The standard InChI is InChI=1S/C22H22F6O6/c1-2-21(33,7-10-3-5-12(23)17(27)15(10)25)20(32)22(34,19(31)14(30)9-29)8-11-4-6-13(24)18(28)16(11)26/h2-6,14,19-20,29-34H,1,7-9H2/t14-,19+,20+,21?,22+/m0/s1. The molecule has 0 amide bonds. The summed E-state index contributed by atoms with van der Waals surface area (Å²) in [6.07, 6.45) is -9.27. The maximum absolute atomic E-state index is 14.3. The average Bonchev–Trinajstić information content (AvgIpc) is 2.83. The third kappa shape index (κ3) is 5.11. The van der Waals surface area contributed by atoms with E-state index in [1.54, 1.807) is 0 Å². The summed E-state index contributed by atoms with van der Waals surface area (Å²) in [5.41, 5.74) is -7.61. The maximum Gasteiger partial charge on any atom is 0.194 e. The lowest BCUT2D eigenvalue weighted by atomic mass is 9.73. The third-order valence-electron chi connectivity index (χ3n) is 5.54. The number of hydrogen-bond donors (Lipinski definition) is 6. The summed E-state index contributed by atoms with van der Waals surface area (Å²) < 4.78 is 82.2. The van der Waals surface area contributed by atoms with Crippen molar-refractivity contribution in [3.05, 3.63) is 83.0 Å². The number of aliphatic hydroxyl groups is 6. The van der Waals surface area contributed by atoms with Crippen LogP contribution >= 0.6 is 0 Å². The van der Waals surface area contributed by atoms with Crippen LogP contribution in [0.25, 0.3) is 0 Å². The highest BCUT2D eigenvalue weighted by atomic mass is 19.2. The summed E-state index contributed by atoms with van der Waals surface area (Å²) in [5, 5.41) is 62.3. The Morgan fingerprint density at radius 1 is 0.765 bits per heavy atom. The molecule has 6 N–H and O–H groups in total. The molecule has 12 heteroatoms. The van der Waals surface area contributed by atoms with Gasteiger partial charge >= 0.3 is 0 Å². The van der Waals surface area contributed by atoms with Gasteiger partial charge in [-0.2, -0.15) is 0 Å². The first-order valence-electron chi connectivity index (χ1n) is 9.71. The molecule has 0 spiro atoms. The van der Waals surface area contributed by atoms with E-state index in [1.165, 1.54) is 0 Å². The Morgan fingerprint density at radius 2 is 1.21 bits per heavy atom. The highest BCUT2D eigenvalue weighted by Gasteiger charge is 2.54. The molecule has 2 rings (SSSR count). The molecule has 0 saturated carbocycles. The normalized spacial score (nSPS) is 18.0. The highest BCUT2D eigenvalue weighted by Crippen LogP contribution is 2.35. The van der Waals surface area contributed by atoms with Gasteiger partial charge in [0, 0.05) is 12.8 Å². The zero-order valence-corrected chi connectivity index (χ0v) is 17.4. The van der Waals surface area contributed by atoms with Crippen LogP contribution in [0.2, 0.25) is 0 Å². The predicted molar refractivity (Wildman–Crippen MR) is 105 cm³/mol. The average molecular weight is 496 g/mol. The minimum Gasteiger partial charge on any atom is -0.394 e. The van der Waals surface area contributed by atoms with Gasteiger partial charge in [-0.1, -0.05) is 18.2 Å². The molecule has 34 heavy (non-hydrogen) atoms. The lowest BCUT2D eigenvalue weighted by Gasteiger charge is -2.45. The van der Waals surface area contributed by atoms with Gasteiger partial charge in [0.05, 0.1) is 6.61 Å². The van der Waals surface area contributed by atoms with Crippen LogP contribution in [0.5, 0.6) is 0 Å². The van der Waals surface area contributed by atoms with Crippen molar-refractivity contribution in [3.8, 4) is 0 Å². The summed E-state index contributed by atoms with van der Waals surface area (Å²) >= 11 is 0. The van der Waals surface area contributed by atoms with E-state index in [0.717, 1.165) is 0 Å². The van der Waals surface area contributed by atoms with E-state index in [9.17, 15) is 51.9 Å². The van der Waals surface area contributed by atoms with E-state index in [4.69, 9.17) is 5.11 Å². The van der Waals surface area contributed by atoms with Crippen molar-refractivity contribution in [2.75, 3.05) is 6.61 Å². The SMILES string of the molecule is C=CC(O)(Cc1ccc(F)c(F)c1F)[C@@H](O)[C@@](O)(Cc1ccc(F)c(F)c1F)[C@H](O)[C@@H](O)CO. The Labute approximate surface area is 189 Å². The molecule has 5 atom stereocenters. The van der Waals surface area contributed by atoms with Crippen molar-refractivity contribution in [1.82, 2.24) is 0 Å². The fourth-order valence-corrected chi connectivity index (χ4v) is 3.52. The second kappa shape index (κ2) is 10.4. The van der Waals surface area contributed by atoms with Gasteiger partial charge in [-0.05, 0) is 23.3 Å². The Morgan fingerprint density at radius 3 is 1.62 bits per heavy atom. The molecular formula is C22H22F6O6. The van der Waals surface area contributed by atoms with Gasteiger partial charge in [-0.3, -0.25) is 0 Å². The Hall–Kier alpha value is -2.48. The molecule has 0 aliphatic heterocycles. The van der Waals surface area contributed by atoms with Crippen molar-refractivity contribution < 1.29 is 57.0 Å². The minimum atomic E-state index is -3.22. The minimum absolute atomic E-state index is 0.464. The largest absolute Gasteiger partial charge is 0.394 e. The van der Waals surface area contributed by atoms with Gasteiger partial charge in [0.2, 0.25) is 0 Å². The van der Waals surface area contributed by atoms with Crippen molar-refractivity contribution in [3.63, 3.8) is 0 Å². The number of benzene rings is 2. The lowest BCUT2D eigenvalue weighted by molar-refractivity contribution is -0.218. The quantitative estimate of drug-likeness (QED) is 0.166. The number of halogens is 6. The summed E-state index contributed by atoms with van der Waals surface area (Å²) in [5.74, 6) is -10.6. The smallest absolute Gasteiger partial charge is 0.194 e. The van der Waals surface area contributed by atoms with Crippen LogP contribution in [-0.2, 0) is 12.8 Å². The van der Waals surface area contributed by atoms with E-state index in [-0.39, 0.29) is 0 Å². The molecular weight excluding hydrogens is 474 g/mol. The molecule has 6 nitrogen and oxygen atoms in total. The van der Waals surface area contributed by atoms with Crippen molar-refractivity contribution in [1.29, 1.82) is 0 Å². The van der Waals surface area contributed by atoms with Crippen LogP contribution < -0.4 is 0 Å². The lowest BCUT2D eigenvalue weighted by Crippen LogP contribution is -2.66. The topological polar surface area (TPSA) is 121 Å². The molecule has 2 aromatic carbocycles. The number of hydrogen-bond acceptors (Lipinski definition) is 6. The van der Waals surface area contributed by atoms with Gasteiger partial charge < -0.3 is 30.6 Å². The first-order chi connectivity index (χ1) is 15.7. The first-order valence-corrected chi connectivity index (χ1v) is 9.71. The van der Waals surface area contributed by atoms with E-state index < -0.39 is 95.0 Å². The second-order valence-corrected chi connectivity index (χ2v) is 7.81. The van der Waals surface area contributed by atoms with Crippen LogP contribution in [0.3, 0.4) is 0 Å². The molecule has 0 saturated heterocycles. The van der Waals surface area contributed by atoms with Crippen molar-refractivity contribution in [2.45, 2.75) is 42.4 Å². The molecule has 0 aromatic heterocycles. The van der Waals surface area contributed by atoms with Crippen LogP contribution in [0, 0.1) is 34.9 Å². The zero-order chi connectivity index (χ0) is 26.0. The van der Waals surface area contributed by atoms with Gasteiger partial charge in [0.25, 0.3) is 0 Å². The number of rotatable bonds is 10. The fourth-order valence-electron chi connectivity index (χ4n) is 3.52. The fraction of sp³-hybridized carbons (Fsp3) is 0.364. The summed E-state index contributed by atoms with van der Waals surface area (Å²) in [6, 6.07) is 2.33. The Bertz CT molecular complexity index is 1050. The summed E-state index contributed by atoms with van der Waals surface area (Å²) in [7, 11) is 0. The summed E-state index contributed by atoms with van der Waals surface area (Å²) in [4.78, 5) is 0. The molecule has 0 fully saturated rings. The van der Waals surface area contributed by atoms with Crippen LogP contribution in [0.15, 0.2) is 36.9 Å². The molecule has 0 aliphatic rings. The Balaban J connectivity index is 2.59. The third-order valence-corrected chi connectivity index (χ3v) is 5.54. The molecule has 188 valence electrons. The van der Waals surface area contributed by atoms with Gasteiger partial charge in [-0.15, -0.1) is 6.58 Å². The highest BCUT2D eigenvalue weighted by molar-refractivity contribution is 5.28. The van der Waals surface area contributed by atoms with E-state index >= 15 is 0 Å². The molecule has 1 unspecified atom stereocenters. The van der Waals surface area contributed by atoms with Gasteiger partial charge in [-0.25, -0.2) is 26.3 Å². The molecule has 0 heterocycles. The second-order valence-electron chi connectivity index (χ2n) is 7.81. The molecule has 0 bridgehead atoms. The Kier molecular flexibility index (Phi) is 8.51. The van der Waals surface area contributed by atoms with Crippen molar-refractivity contribution in [2.24, 2.45) is 0 Å². The van der Waals surface area contributed by atoms with Gasteiger partial charge in [0.15, 0.2) is 34.9 Å². The van der Waals surface area contributed by atoms with E-state index in [2.05, 4.69) is 6.58 Å². The van der Waals surface area contributed by atoms with Gasteiger partial charge in [0.1, 0.15) is 29.5 Å². The maximum atomic E-state index is 14.3. The molecule has 0 aliphatic carbocycles. The van der Waals surface area contributed by atoms with E-state index in [1.807, 2.05) is 0 Å². The molecule has 2 aromatic rings.